The van der Waals surface area contributed by atoms with Crippen molar-refractivity contribution in [2.75, 3.05) is 25.1 Å². The standard InChI is InChI=1S/C27H24N4O5/c1-36-22-13-11-18(12-14-22)24-23-25(32)30(20-9-5-10-21(17-20)31(34)35)26(33)27(23,19-7-3-2-4-8-19)29-16-6-15-28(24)29/h2-5,7-14,17,23-24H,6,15-16H2,1H3/t23-,24+,27-/m0/s1. The molecule has 3 atom stereocenters. The molecule has 9 heteroatoms. The van der Waals surface area contributed by atoms with Gasteiger partial charge in [-0.25, -0.2) is 14.9 Å². The van der Waals surface area contributed by atoms with Crippen LogP contribution in [-0.4, -0.2) is 47.0 Å². The van der Waals surface area contributed by atoms with Crippen LogP contribution in [0.25, 0.3) is 0 Å². The molecule has 0 spiro atoms. The number of hydrazine groups is 1. The number of fused-ring (bicyclic) bond motifs is 3. The number of benzene rings is 3. The number of carbonyl (C=O) groups is 2. The zero-order chi connectivity index (χ0) is 25.0. The highest BCUT2D eigenvalue weighted by molar-refractivity contribution is 6.26. The molecule has 36 heavy (non-hydrogen) atoms. The van der Waals surface area contributed by atoms with E-state index in [1.54, 1.807) is 13.2 Å². The number of rotatable bonds is 5. The quantitative estimate of drug-likeness (QED) is 0.310. The minimum absolute atomic E-state index is 0.173. The van der Waals surface area contributed by atoms with E-state index in [2.05, 4.69) is 10.0 Å². The summed E-state index contributed by atoms with van der Waals surface area (Å²) >= 11 is 0. The van der Waals surface area contributed by atoms with Gasteiger partial charge in [0.25, 0.3) is 11.6 Å². The van der Waals surface area contributed by atoms with E-state index in [1.807, 2.05) is 54.6 Å². The number of ether oxygens (including phenoxy) is 1. The van der Waals surface area contributed by atoms with Gasteiger partial charge in [-0.3, -0.25) is 19.7 Å². The molecule has 0 aliphatic carbocycles. The number of non-ortho nitro benzene ring substituents is 1. The van der Waals surface area contributed by atoms with Gasteiger partial charge in [0.15, 0.2) is 5.54 Å². The van der Waals surface area contributed by atoms with Crippen LogP contribution in [0.5, 0.6) is 5.75 Å². The molecule has 0 bridgehead atoms. The number of nitro groups is 1. The van der Waals surface area contributed by atoms with Crippen molar-refractivity contribution >= 4 is 23.2 Å². The van der Waals surface area contributed by atoms with E-state index in [0.29, 0.717) is 12.3 Å². The van der Waals surface area contributed by atoms with Gasteiger partial charge in [-0.05, 0) is 35.7 Å². The van der Waals surface area contributed by atoms with Gasteiger partial charge in [-0.15, -0.1) is 0 Å². The SMILES string of the molecule is COc1ccc([C@@H]2[C@H]3C(=O)N(c4cccc([N+](=O)[O-])c4)C(=O)[C@@]3(c3ccccc3)N3CCCN23)cc1. The topological polar surface area (TPSA) is 96.2 Å². The van der Waals surface area contributed by atoms with E-state index in [4.69, 9.17) is 4.74 Å². The fourth-order valence-corrected chi connectivity index (χ4v) is 6.13. The van der Waals surface area contributed by atoms with Gasteiger partial charge >= 0.3 is 0 Å². The molecule has 182 valence electrons. The second-order valence-corrected chi connectivity index (χ2v) is 9.22. The Kier molecular flexibility index (Phi) is 5.13. The van der Waals surface area contributed by atoms with Crippen LogP contribution in [0.2, 0.25) is 0 Å². The second kappa shape index (κ2) is 8.25. The summed E-state index contributed by atoms with van der Waals surface area (Å²) in [6.07, 6.45) is 0.853. The normalized spacial score (nSPS) is 25.8. The minimum Gasteiger partial charge on any atom is -0.497 e. The predicted molar refractivity (Wildman–Crippen MR) is 131 cm³/mol. The Morgan fingerprint density at radius 2 is 1.72 bits per heavy atom. The third-order valence-corrected chi connectivity index (χ3v) is 7.55. The maximum atomic E-state index is 14.5. The summed E-state index contributed by atoms with van der Waals surface area (Å²) in [5.74, 6) is -0.775. The third-order valence-electron chi connectivity index (χ3n) is 7.55. The van der Waals surface area contributed by atoms with E-state index in [0.717, 1.165) is 29.0 Å². The number of imide groups is 1. The van der Waals surface area contributed by atoms with E-state index < -0.39 is 16.4 Å². The van der Waals surface area contributed by atoms with Gasteiger partial charge in [0.1, 0.15) is 5.75 Å². The van der Waals surface area contributed by atoms with Crippen molar-refractivity contribution in [1.82, 2.24) is 10.0 Å². The smallest absolute Gasteiger partial charge is 0.271 e. The maximum absolute atomic E-state index is 14.5. The van der Waals surface area contributed by atoms with Crippen LogP contribution in [0.1, 0.15) is 23.6 Å². The van der Waals surface area contributed by atoms with Gasteiger partial charge in [-0.1, -0.05) is 48.5 Å². The molecule has 3 aliphatic heterocycles. The molecule has 3 aromatic carbocycles. The molecule has 6 rings (SSSR count). The van der Waals surface area contributed by atoms with E-state index in [-0.39, 0.29) is 29.2 Å². The molecule has 0 saturated carbocycles. The van der Waals surface area contributed by atoms with E-state index >= 15 is 0 Å². The zero-order valence-electron chi connectivity index (χ0n) is 19.6. The van der Waals surface area contributed by atoms with Gasteiger partial charge in [0.05, 0.1) is 29.7 Å². The van der Waals surface area contributed by atoms with Crippen molar-refractivity contribution in [3.05, 3.63) is 100 Å². The minimum atomic E-state index is -1.25. The summed E-state index contributed by atoms with van der Waals surface area (Å²) in [6.45, 7) is 1.35. The van der Waals surface area contributed by atoms with Gasteiger partial charge in [0.2, 0.25) is 5.91 Å². The monoisotopic (exact) mass is 484 g/mol. The lowest BCUT2D eigenvalue weighted by molar-refractivity contribution is -0.384. The molecule has 0 radical (unpaired) electrons. The first kappa shape index (κ1) is 22.4. The van der Waals surface area contributed by atoms with Crippen molar-refractivity contribution in [3.63, 3.8) is 0 Å². The average Bonchev–Trinajstić information content (AvgIpc) is 3.55. The van der Waals surface area contributed by atoms with Crippen LogP contribution in [0, 0.1) is 16.0 Å². The zero-order valence-corrected chi connectivity index (χ0v) is 19.6. The largest absolute Gasteiger partial charge is 0.497 e. The first-order chi connectivity index (χ1) is 17.5. The van der Waals surface area contributed by atoms with Gasteiger partial charge < -0.3 is 4.74 Å². The lowest BCUT2D eigenvalue weighted by atomic mass is 9.75. The molecule has 0 aromatic heterocycles. The summed E-state index contributed by atoms with van der Waals surface area (Å²) in [5, 5.41) is 15.7. The van der Waals surface area contributed by atoms with E-state index in [9.17, 15) is 19.7 Å². The number of nitrogens with zero attached hydrogens (tertiary/aromatic N) is 4. The first-order valence-corrected chi connectivity index (χ1v) is 11.8. The Labute approximate surface area is 207 Å². The Morgan fingerprint density at radius 1 is 0.972 bits per heavy atom. The molecule has 3 aliphatic rings. The van der Waals surface area contributed by atoms with Crippen LogP contribution < -0.4 is 9.64 Å². The highest BCUT2D eigenvalue weighted by atomic mass is 16.6. The molecule has 3 aromatic rings. The van der Waals surface area contributed by atoms with Crippen LogP contribution in [0.15, 0.2) is 78.9 Å². The Hall–Kier alpha value is -4.08. The number of methoxy groups -OCH3 is 1. The third kappa shape index (κ3) is 2.96. The van der Waals surface area contributed by atoms with Crippen LogP contribution in [0.4, 0.5) is 11.4 Å². The molecular formula is C27H24N4O5. The summed E-state index contributed by atoms with van der Waals surface area (Å²) in [7, 11) is 1.60. The summed E-state index contributed by atoms with van der Waals surface area (Å²) in [4.78, 5) is 40.8. The fourth-order valence-electron chi connectivity index (χ4n) is 6.13. The molecule has 3 fully saturated rings. The molecule has 9 nitrogen and oxygen atoms in total. The molecule has 3 heterocycles. The lowest BCUT2D eigenvalue weighted by Gasteiger charge is -2.36. The van der Waals surface area contributed by atoms with Crippen molar-refractivity contribution < 1.29 is 19.2 Å². The number of carbonyl (C=O) groups excluding carboxylic acids is 2. The summed E-state index contributed by atoms with van der Waals surface area (Å²) in [6, 6.07) is 22.3. The van der Waals surface area contributed by atoms with Crippen molar-refractivity contribution in [1.29, 1.82) is 0 Å². The fraction of sp³-hybridized carbons (Fsp3) is 0.259. The predicted octanol–water partition coefficient (Wildman–Crippen LogP) is 3.67. The number of hydrogen-bond donors (Lipinski definition) is 0. The van der Waals surface area contributed by atoms with Crippen molar-refractivity contribution in [2.24, 2.45) is 5.92 Å². The summed E-state index contributed by atoms with van der Waals surface area (Å²) < 4.78 is 5.33. The molecular weight excluding hydrogens is 460 g/mol. The van der Waals surface area contributed by atoms with E-state index in [1.165, 1.54) is 18.2 Å². The average molecular weight is 485 g/mol. The van der Waals surface area contributed by atoms with Crippen LogP contribution in [-0.2, 0) is 15.1 Å². The molecule has 0 unspecified atom stereocenters. The molecule has 0 N–H and O–H groups in total. The number of hydrogen-bond acceptors (Lipinski definition) is 7. The number of nitro benzene ring substituents is 1. The van der Waals surface area contributed by atoms with Crippen LogP contribution in [0.3, 0.4) is 0 Å². The highest BCUT2D eigenvalue weighted by Crippen LogP contribution is 2.59. The maximum Gasteiger partial charge on any atom is 0.271 e. The van der Waals surface area contributed by atoms with Gasteiger partial charge in [-0.2, -0.15) is 0 Å². The van der Waals surface area contributed by atoms with Gasteiger partial charge in [0, 0.05) is 25.2 Å². The van der Waals surface area contributed by atoms with Crippen LogP contribution >= 0.6 is 0 Å². The molecule has 2 amide bonds. The lowest BCUT2D eigenvalue weighted by Crippen LogP contribution is -2.52. The number of anilines is 1. The molecule has 3 saturated heterocycles. The Morgan fingerprint density at radius 3 is 2.42 bits per heavy atom. The Bertz CT molecular complexity index is 1360. The summed E-state index contributed by atoms with van der Waals surface area (Å²) in [5.41, 5.74) is 0.442. The number of amides is 2. The Balaban J connectivity index is 1.57. The first-order valence-electron chi connectivity index (χ1n) is 11.8. The second-order valence-electron chi connectivity index (χ2n) is 9.22. The van der Waals surface area contributed by atoms with Crippen molar-refractivity contribution in [3.8, 4) is 5.75 Å². The van der Waals surface area contributed by atoms with Crippen molar-refractivity contribution in [2.45, 2.75) is 18.0 Å². The highest BCUT2D eigenvalue weighted by Gasteiger charge is 2.73.